The van der Waals surface area contributed by atoms with Crippen molar-refractivity contribution in [2.75, 3.05) is 13.1 Å². The summed E-state index contributed by atoms with van der Waals surface area (Å²) in [5.74, 6) is 1.27. The summed E-state index contributed by atoms with van der Waals surface area (Å²) in [5, 5.41) is 0. The van der Waals surface area contributed by atoms with Gasteiger partial charge in [0.2, 0.25) is 5.91 Å². The van der Waals surface area contributed by atoms with E-state index < -0.39 is 0 Å². The standard InChI is InChI=1S/C14H19ClN4O/c1-3-18(4-2)14(20)6-8-19-12-5-7-16-10-11(12)17-13(19)9-15/h5,7,10H,3-4,6,8-9H2,1-2H3. The molecule has 0 fully saturated rings. The van der Waals surface area contributed by atoms with Crippen molar-refractivity contribution in [3.63, 3.8) is 0 Å². The molecule has 108 valence electrons. The van der Waals surface area contributed by atoms with Gasteiger partial charge in [0, 0.05) is 32.3 Å². The molecule has 0 aromatic carbocycles. The number of halogens is 1. The maximum Gasteiger partial charge on any atom is 0.224 e. The largest absolute Gasteiger partial charge is 0.343 e. The Labute approximate surface area is 123 Å². The zero-order chi connectivity index (χ0) is 14.5. The molecule has 2 aromatic rings. The molecule has 0 aliphatic heterocycles. The molecule has 2 rings (SSSR count). The van der Waals surface area contributed by atoms with Gasteiger partial charge in [-0.2, -0.15) is 0 Å². The van der Waals surface area contributed by atoms with Crippen LogP contribution in [0.15, 0.2) is 18.5 Å². The Morgan fingerprint density at radius 2 is 2.15 bits per heavy atom. The molecule has 2 heterocycles. The molecule has 0 saturated heterocycles. The number of alkyl halides is 1. The van der Waals surface area contributed by atoms with Crippen molar-refractivity contribution in [1.82, 2.24) is 19.4 Å². The lowest BCUT2D eigenvalue weighted by Crippen LogP contribution is -2.31. The number of hydrogen-bond acceptors (Lipinski definition) is 3. The number of aryl methyl sites for hydroxylation is 1. The van der Waals surface area contributed by atoms with Crippen molar-refractivity contribution in [3.8, 4) is 0 Å². The molecular weight excluding hydrogens is 276 g/mol. The van der Waals surface area contributed by atoms with Gasteiger partial charge in [-0.1, -0.05) is 0 Å². The third kappa shape index (κ3) is 2.93. The molecule has 5 nitrogen and oxygen atoms in total. The predicted octanol–water partition coefficient (Wildman–Crippen LogP) is 2.43. The summed E-state index contributed by atoms with van der Waals surface area (Å²) in [4.78, 5) is 22.4. The normalized spacial score (nSPS) is 10.9. The van der Waals surface area contributed by atoms with Crippen LogP contribution in [0.4, 0.5) is 0 Å². The van der Waals surface area contributed by atoms with Crippen LogP contribution in [0.1, 0.15) is 26.1 Å². The van der Waals surface area contributed by atoms with Gasteiger partial charge in [-0.3, -0.25) is 9.78 Å². The lowest BCUT2D eigenvalue weighted by Gasteiger charge is -2.19. The number of amides is 1. The molecular formula is C14H19ClN4O. The van der Waals surface area contributed by atoms with Gasteiger partial charge < -0.3 is 9.47 Å². The molecule has 0 aliphatic rings. The van der Waals surface area contributed by atoms with Gasteiger partial charge in [-0.25, -0.2) is 4.98 Å². The molecule has 6 heteroatoms. The first-order chi connectivity index (χ1) is 9.71. The lowest BCUT2D eigenvalue weighted by molar-refractivity contribution is -0.131. The molecule has 0 saturated carbocycles. The molecule has 0 radical (unpaired) electrons. The van der Waals surface area contributed by atoms with Gasteiger partial charge in [0.15, 0.2) is 0 Å². The van der Waals surface area contributed by atoms with Crippen LogP contribution in [0.25, 0.3) is 11.0 Å². The van der Waals surface area contributed by atoms with Gasteiger partial charge in [0.05, 0.1) is 17.6 Å². The smallest absolute Gasteiger partial charge is 0.224 e. The third-order valence-electron chi connectivity index (χ3n) is 3.41. The van der Waals surface area contributed by atoms with E-state index in [1.54, 1.807) is 12.4 Å². The van der Waals surface area contributed by atoms with Gasteiger partial charge in [0.1, 0.15) is 11.3 Å². The van der Waals surface area contributed by atoms with Gasteiger partial charge >= 0.3 is 0 Å². The third-order valence-corrected chi connectivity index (χ3v) is 3.65. The minimum absolute atomic E-state index is 0.159. The van der Waals surface area contributed by atoms with Gasteiger partial charge in [-0.05, 0) is 19.9 Å². The SMILES string of the molecule is CCN(CC)C(=O)CCn1c(CCl)nc2cnccc21. The average Bonchev–Trinajstić information content (AvgIpc) is 2.84. The summed E-state index contributed by atoms with van der Waals surface area (Å²) in [6, 6.07) is 1.90. The zero-order valence-electron chi connectivity index (χ0n) is 11.8. The number of aromatic nitrogens is 3. The van der Waals surface area contributed by atoms with Crippen molar-refractivity contribution in [2.24, 2.45) is 0 Å². The number of hydrogen-bond donors (Lipinski definition) is 0. The Hall–Kier alpha value is -1.62. The van der Waals surface area contributed by atoms with Crippen LogP contribution >= 0.6 is 11.6 Å². The summed E-state index contributed by atoms with van der Waals surface area (Å²) < 4.78 is 2.01. The van der Waals surface area contributed by atoms with Crippen LogP contribution in [-0.4, -0.2) is 38.4 Å². The van der Waals surface area contributed by atoms with E-state index in [-0.39, 0.29) is 5.91 Å². The second-order valence-corrected chi connectivity index (χ2v) is 4.76. The highest BCUT2D eigenvalue weighted by Crippen LogP contribution is 2.17. The first-order valence-electron chi connectivity index (χ1n) is 6.84. The monoisotopic (exact) mass is 294 g/mol. The summed E-state index contributed by atoms with van der Waals surface area (Å²) in [6.07, 6.45) is 3.90. The van der Waals surface area contributed by atoms with Crippen molar-refractivity contribution in [3.05, 3.63) is 24.3 Å². The number of nitrogens with zero attached hydrogens (tertiary/aromatic N) is 4. The van der Waals surface area contributed by atoms with E-state index in [1.807, 2.05) is 29.4 Å². The fourth-order valence-corrected chi connectivity index (χ4v) is 2.53. The van der Waals surface area contributed by atoms with E-state index in [0.29, 0.717) is 18.8 Å². The van der Waals surface area contributed by atoms with Crippen molar-refractivity contribution in [2.45, 2.75) is 32.7 Å². The number of rotatable bonds is 6. The molecule has 0 unspecified atom stereocenters. The Bertz CT molecular complexity index is 592. The van der Waals surface area contributed by atoms with Crippen LogP contribution in [0, 0.1) is 0 Å². The second kappa shape index (κ2) is 6.70. The molecule has 0 atom stereocenters. The Morgan fingerprint density at radius 1 is 1.40 bits per heavy atom. The number of carbonyl (C=O) groups is 1. The summed E-state index contributed by atoms with van der Waals surface area (Å²) in [7, 11) is 0. The number of carbonyl (C=O) groups excluding carboxylic acids is 1. The number of imidazole rings is 1. The highest BCUT2D eigenvalue weighted by molar-refractivity contribution is 6.16. The summed E-state index contributed by atoms with van der Waals surface area (Å²) in [5.41, 5.74) is 1.79. The highest BCUT2D eigenvalue weighted by atomic mass is 35.5. The van der Waals surface area contributed by atoms with Crippen LogP contribution in [-0.2, 0) is 17.2 Å². The molecule has 0 spiro atoms. The Balaban J connectivity index is 2.19. The molecule has 0 aliphatic carbocycles. The van der Waals surface area contributed by atoms with Crippen molar-refractivity contribution in [1.29, 1.82) is 0 Å². The Kier molecular flexibility index (Phi) is 4.95. The highest BCUT2D eigenvalue weighted by Gasteiger charge is 2.13. The van der Waals surface area contributed by atoms with Crippen LogP contribution in [0.2, 0.25) is 0 Å². The topological polar surface area (TPSA) is 51.0 Å². The van der Waals surface area contributed by atoms with Crippen LogP contribution in [0.3, 0.4) is 0 Å². The first-order valence-corrected chi connectivity index (χ1v) is 7.37. The van der Waals surface area contributed by atoms with E-state index >= 15 is 0 Å². The minimum Gasteiger partial charge on any atom is -0.343 e. The molecule has 0 N–H and O–H groups in total. The average molecular weight is 295 g/mol. The molecule has 0 bridgehead atoms. The van der Waals surface area contributed by atoms with E-state index in [2.05, 4.69) is 9.97 Å². The predicted molar refractivity (Wildman–Crippen MR) is 79.6 cm³/mol. The minimum atomic E-state index is 0.159. The van der Waals surface area contributed by atoms with Crippen LogP contribution in [0.5, 0.6) is 0 Å². The van der Waals surface area contributed by atoms with E-state index in [1.165, 1.54) is 0 Å². The Morgan fingerprint density at radius 3 is 2.80 bits per heavy atom. The second-order valence-electron chi connectivity index (χ2n) is 4.49. The quantitative estimate of drug-likeness (QED) is 0.769. The van der Waals surface area contributed by atoms with Crippen molar-refractivity contribution >= 4 is 28.5 Å². The van der Waals surface area contributed by atoms with Crippen molar-refractivity contribution < 1.29 is 4.79 Å². The first kappa shape index (κ1) is 14.8. The van der Waals surface area contributed by atoms with E-state index in [0.717, 1.165) is 29.9 Å². The maximum absolute atomic E-state index is 12.1. The summed E-state index contributed by atoms with van der Waals surface area (Å²) >= 11 is 5.94. The zero-order valence-corrected chi connectivity index (χ0v) is 12.6. The molecule has 20 heavy (non-hydrogen) atoms. The van der Waals surface area contributed by atoms with Gasteiger partial charge in [-0.15, -0.1) is 11.6 Å². The summed E-state index contributed by atoms with van der Waals surface area (Å²) in [6.45, 7) is 6.06. The molecule has 1 amide bonds. The number of fused-ring (bicyclic) bond motifs is 1. The maximum atomic E-state index is 12.1. The van der Waals surface area contributed by atoms with Crippen LogP contribution < -0.4 is 0 Å². The fraction of sp³-hybridized carbons (Fsp3) is 0.500. The lowest BCUT2D eigenvalue weighted by atomic mass is 10.3. The molecule has 2 aromatic heterocycles. The van der Waals surface area contributed by atoms with E-state index in [9.17, 15) is 4.79 Å². The number of pyridine rings is 1. The fourth-order valence-electron chi connectivity index (χ4n) is 2.33. The van der Waals surface area contributed by atoms with Gasteiger partial charge in [0.25, 0.3) is 0 Å². The van der Waals surface area contributed by atoms with E-state index in [4.69, 9.17) is 11.6 Å².